The molecule has 0 amide bonds. The molecule has 2 aromatic heterocycles. The largest absolute Gasteiger partial charge is 0.384 e. The first-order valence-corrected chi connectivity index (χ1v) is 10.5. The normalized spacial score (nSPS) is 17.6. The first kappa shape index (κ1) is 23.1. The number of aliphatic hydroxyl groups is 1. The van der Waals surface area contributed by atoms with E-state index < -0.39 is 5.60 Å². The Labute approximate surface area is 188 Å². The highest BCUT2D eigenvalue weighted by atomic mass is 127. The molecule has 0 bridgehead atoms. The van der Waals surface area contributed by atoms with Crippen LogP contribution in [0.25, 0.3) is 0 Å². The number of aryl methyl sites for hydroxylation is 1. The van der Waals surface area contributed by atoms with Crippen LogP contribution in [-0.2, 0) is 19.2 Å². The summed E-state index contributed by atoms with van der Waals surface area (Å²) < 4.78 is 1.95. The molecule has 7 nitrogen and oxygen atoms in total. The summed E-state index contributed by atoms with van der Waals surface area (Å²) in [7, 11) is 1.95. The molecule has 1 aliphatic carbocycles. The Hall–Kier alpha value is -1.20. The number of hydrogen-bond donors (Lipinski definition) is 3. The summed E-state index contributed by atoms with van der Waals surface area (Å²) in [6.07, 6.45) is 6.12. The lowest BCUT2D eigenvalue weighted by atomic mass is 9.95. The summed E-state index contributed by atoms with van der Waals surface area (Å²) in [6, 6.07) is 2.39. The Morgan fingerprint density at radius 2 is 2.11 bits per heavy atom. The zero-order valence-electron chi connectivity index (χ0n) is 16.8. The zero-order valence-corrected chi connectivity index (χ0v) is 20.0. The lowest BCUT2D eigenvalue weighted by Crippen LogP contribution is -2.48. The fraction of sp³-hybridized carbons (Fsp3) is 0.632. The second-order valence-corrected chi connectivity index (χ2v) is 8.29. The molecule has 3 rings (SSSR count). The van der Waals surface area contributed by atoms with Gasteiger partial charge in [0, 0.05) is 13.1 Å². The van der Waals surface area contributed by atoms with Crippen LogP contribution in [0, 0.1) is 6.92 Å². The summed E-state index contributed by atoms with van der Waals surface area (Å²) in [5.41, 5.74) is -0.0305. The van der Waals surface area contributed by atoms with Crippen molar-refractivity contribution < 1.29 is 5.11 Å². The van der Waals surface area contributed by atoms with E-state index in [0.29, 0.717) is 19.1 Å². The number of nitrogens with zero attached hydrogens (tertiary/aromatic N) is 4. The molecule has 1 atom stereocenters. The zero-order chi connectivity index (χ0) is 19.3. The van der Waals surface area contributed by atoms with E-state index >= 15 is 0 Å². The summed E-state index contributed by atoms with van der Waals surface area (Å²) in [5, 5.41) is 29.9. The molecule has 1 unspecified atom stereocenters. The van der Waals surface area contributed by atoms with Crippen molar-refractivity contribution >= 4 is 41.3 Å². The van der Waals surface area contributed by atoms with Crippen molar-refractivity contribution in [1.82, 2.24) is 25.4 Å². The Bertz CT molecular complexity index is 753. The highest BCUT2D eigenvalue weighted by Crippen LogP contribution is 2.22. The molecule has 3 N–H and O–H groups in total. The van der Waals surface area contributed by atoms with E-state index in [-0.39, 0.29) is 24.0 Å². The van der Waals surface area contributed by atoms with E-state index in [1.807, 2.05) is 42.3 Å². The average molecular weight is 518 g/mol. The summed E-state index contributed by atoms with van der Waals surface area (Å²) in [5.74, 6) is 2.41. The maximum absolute atomic E-state index is 10.8. The van der Waals surface area contributed by atoms with Gasteiger partial charge in [-0.25, -0.2) is 4.99 Å². The first-order valence-electron chi connectivity index (χ1n) is 9.60. The highest BCUT2D eigenvalue weighted by molar-refractivity contribution is 14.0. The lowest BCUT2D eigenvalue weighted by molar-refractivity contribution is 0.0620. The van der Waals surface area contributed by atoms with Crippen molar-refractivity contribution in [2.75, 3.05) is 6.54 Å². The number of hydrogen-bond acceptors (Lipinski definition) is 5. The molecule has 156 valence electrons. The molecule has 0 aromatic carbocycles. The van der Waals surface area contributed by atoms with Crippen LogP contribution in [0.4, 0.5) is 0 Å². The molecule has 28 heavy (non-hydrogen) atoms. The smallest absolute Gasteiger partial charge is 0.192 e. The number of guanidine groups is 1. The van der Waals surface area contributed by atoms with Crippen LogP contribution >= 0.6 is 35.3 Å². The van der Waals surface area contributed by atoms with Gasteiger partial charge in [0.15, 0.2) is 11.8 Å². The van der Waals surface area contributed by atoms with E-state index in [0.717, 1.165) is 36.0 Å². The minimum absolute atomic E-state index is 0. The molecular formula is C19H31IN6OS. The van der Waals surface area contributed by atoms with Crippen LogP contribution in [0.3, 0.4) is 0 Å². The third kappa shape index (κ3) is 6.15. The summed E-state index contributed by atoms with van der Waals surface area (Å²) in [6.45, 7) is 4.59. The highest BCUT2D eigenvalue weighted by Gasteiger charge is 2.24. The van der Waals surface area contributed by atoms with Crippen molar-refractivity contribution in [3.05, 3.63) is 34.0 Å². The van der Waals surface area contributed by atoms with Gasteiger partial charge in [-0.05, 0) is 49.1 Å². The second kappa shape index (κ2) is 10.5. The van der Waals surface area contributed by atoms with Gasteiger partial charge in [-0.2, -0.15) is 11.3 Å². The number of halogens is 1. The molecule has 1 fully saturated rings. The van der Waals surface area contributed by atoms with Crippen LogP contribution in [0.1, 0.15) is 56.2 Å². The van der Waals surface area contributed by atoms with Crippen LogP contribution < -0.4 is 10.6 Å². The van der Waals surface area contributed by atoms with Crippen LogP contribution in [0.5, 0.6) is 0 Å². The monoisotopic (exact) mass is 518 g/mol. The molecule has 0 saturated heterocycles. The summed E-state index contributed by atoms with van der Waals surface area (Å²) in [4.78, 5) is 4.71. The predicted octanol–water partition coefficient (Wildman–Crippen LogP) is 3.08. The van der Waals surface area contributed by atoms with Gasteiger partial charge in [-0.3, -0.25) is 0 Å². The van der Waals surface area contributed by atoms with Crippen molar-refractivity contribution in [3.8, 4) is 0 Å². The molecule has 9 heteroatoms. The minimum Gasteiger partial charge on any atom is -0.384 e. The quantitative estimate of drug-likeness (QED) is 0.311. The van der Waals surface area contributed by atoms with Crippen LogP contribution in [-0.4, -0.2) is 38.4 Å². The van der Waals surface area contributed by atoms with E-state index in [9.17, 15) is 5.11 Å². The molecule has 0 radical (unpaired) electrons. The Morgan fingerprint density at radius 1 is 1.36 bits per heavy atom. The summed E-state index contributed by atoms with van der Waals surface area (Å²) >= 11 is 1.59. The van der Waals surface area contributed by atoms with Crippen LogP contribution in [0.2, 0.25) is 0 Å². The maximum Gasteiger partial charge on any atom is 0.192 e. The molecule has 1 saturated carbocycles. The van der Waals surface area contributed by atoms with Gasteiger partial charge in [-0.1, -0.05) is 19.3 Å². The fourth-order valence-corrected chi connectivity index (χ4v) is 4.04. The van der Waals surface area contributed by atoms with E-state index in [1.54, 1.807) is 11.3 Å². The Balaban J connectivity index is 0.00000280. The molecule has 2 heterocycles. The molecular weight excluding hydrogens is 487 g/mol. The molecule has 0 spiro atoms. The van der Waals surface area contributed by atoms with Gasteiger partial charge >= 0.3 is 0 Å². The Morgan fingerprint density at radius 3 is 2.71 bits per heavy atom. The van der Waals surface area contributed by atoms with Crippen molar-refractivity contribution in [2.45, 2.75) is 64.1 Å². The third-order valence-electron chi connectivity index (χ3n) is 5.25. The fourth-order valence-electron chi connectivity index (χ4n) is 3.26. The van der Waals surface area contributed by atoms with Gasteiger partial charge < -0.3 is 20.3 Å². The average Bonchev–Trinajstić information content (AvgIpc) is 3.31. The van der Waals surface area contributed by atoms with E-state index in [2.05, 4.69) is 20.8 Å². The van der Waals surface area contributed by atoms with Gasteiger partial charge in [0.25, 0.3) is 0 Å². The topological polar surface area (TPSA) is 87.4 Å². The first-order chi connectivity index (χ1) is 13.0. The molecule has 0 aliphatic heterocycles. The van der Waals surface area contributed by atoms with Crippen molar-refractivity contribution in [2.24, 2.45) is 12.0 Å². The Kier molecular flexibility index (Phi) is 8.69. The SMILES string of the molecule is Cc1nnc(CN=C(NCC(C)(O)c2ccsc2)NC2CCCCC2)n1C.I. The standard InChI is InChI=1S/C19H30N6OS.HI/c1-14-23-24-17(25(14)3)11-20-18(22-16-7-5-4-6-8-16)21-13-19(2,26)15-9-10-27-12-15;/h9-10,12,16,26H,4-8,11,13H2,1-3H3,(H2,20,21,22);1H. The van der Waals surface area contributed by atoms with Gasteiger partial charge in [0.1, 0.15) is 18.0 Å². The lowest BCUT2D eigenvalue weighted by Gasteiger charge is -2.28. The molecule has 2 aromatic rings. The van der Waals surface area contributed by atoms with Gasteiger partial charge in [0.05, 0.1) is 6.54 Å². The second-order valence-electron chi connectivity index (χ2n) is 7.51. The van der Waals surface area contributed by atoms with Gasteiger partial charge in [0.2, 0.25) is 0 Å². The number of nitrogens with one attached hydrogen (secondary N) is 2. The predicted molar refractivity (Wildman–Crippen MR) is 124 cm³/mol. The van der Waals surface area contributed by atoms with E-state index in [1.165, 1.54) is 19.3 Å². The van der Waals surface area contributed by atoms with E-state index in [4.69, 9.17) is 4.99 Å². The number of rotatable bonds is 6. The molecule has 1 aliphatic rings. The number of aliphatic imine (C=N–C) groups is 1. The number of thiophene rings is 1. The third-order valence-corrected chi connectivity index (χ3v) is 5.93. The minimum atomic E-state index is -0.948. The van der Waals surface area contributed by atoms with Gasteiger partial charge in [-0.15, -0.1) is 34.2 Å². The van der Waals surface area contributed by atoms with Crippen molar-refractivity contribution in [3.63, 3.8) is 0 Å². The number of aromatic nitrogens is 3. The maximum atomic E-state index is 10.8. The van der Waals surface area contributed by atoms with Crippen LogP contribution in [0.15, 0.2) is 21.8 Å². The van der Waals surface area contributed by atoms with Crippen molar-refractivity contribution in [1.29, 1.82) is 0 Å².